The summed E-state index contributed by atoms with van der Waals surface area (Å²) < 4.78 is 18.3. The van der Waals surface area contributed by atoms with Crippen molar-refractivity contribution in [2.45, 2.75) is 25.4 Å². The van der Waals surface area contributed by atoms with E-state index in [-0.39, 0.29) is 6.10 Å². The minimum absolute atomic E-state index is 0.0971. The summed E-state index contributed by atoms with van der Waals surface area (Å²) in [6, 6.07) is 5.58. The summed E-state index contributed by atoms with van der Waals surface area (Å²) in [5.74, 6) is 0.767. The first kappa shape index (κ1) is 16.2. The maximum Gasteiger partial charge on any atom is 0.129 e. The van der Waals surface area contributed by atoms with Crippen molar-refractivity contribution in [3.05, 3.63) is 42.6 Å². The van der Waals surface area contributed by atoms with Gasteiger partial charge in [-0.2, -0.15) is 5.10 Å². The summed E-state index contributed by atoms with van der Waals surface area (Å²) in [5, 5.41) is 14.3. The van der Waals surface area contributed by atoms with Gasteiger partial charge in [-0.15, -0.1) is 0 Å². The quantitative estimate of drug-likeness (QED) is 0.774. The highest BCUT2D eigenvalue weighted by Gasteiger charge is 2.22. The van der Waals surface area contributed by atoms with E-state index in [0.29, 0.717) is 26.4 Å². The highest BCUT2D eigenvalue weighted by atomic mass is 16.5. The number of aliphatic hydroxyl groups excluding tert-OH is 1. The van der Waals surface area contributed by atoms with Gasteiger partial charge in [0.25, 0.3) is 0 Å². The van der Waals surface area contributed by atoms with Crippen LogP contribution >= 0.6 is 0 Å². The minimum Gasteiger partial charge on any atom is -0.467 e. The van der Waals surface area contributed by atoms with Crippen LogP contribution in [0.4, 0.5) is 0 Å². The molecule has 0 saturated carbocycles. The lowest BCUT2D eigenvalue weighted by atomic mass is 10.2. The summed E-state index contributed by atoms with van der Waals surface area (Å²) in [4.78, 5) is 2.21. The number of rotatable bonds is 8. The van der Waals surface area contributed by atoms with Crippen LogP contribution in [0.1, 0.15) is 5.76 Å². The second-order valence-corrected chi connectivity index (χ2v) is 5.73. The highest BCUT2D eigenvalue weighted by molar-refractivity contribution is 4.96. The number of hydrogen-bond donors (Lipinski definition) is 1. The molecule has 0 spiro atoms. The number of ether oxygens (including phenoxy) is 2. The molecule has 7 heteroatoms. The number of furan rings is 1. The number of aromatic nitrogens is 2. The zero-order valence-corrected chi connectivity index (χ0v) is 13.1. The molecule has 0 aromatic carbocycles. The van der Waals surface area contributed by atoms with Gasteiger partial charge in [-0.1, -0.05) is 0 Å². The highest BCUT2D eigenvalue weighted by Crippen LogP contribution is 2.09. The average molecular weight is 321 g/mol. The van der Waals surface area contributed by atoms with Crippen LogP contribution in [0.3, 0.4) is 0 Å². The van der Waals surface area contributed by atoms with Gasteiger partial charge in [0.05, 0.1) is 38.2 Å². The Kier molecular flexibility index (Phi) is 5.82. The molecule has 126 valence electrons. The molecule has 0 bridgehead atoms. The van der Waals surface area contributed by atoms with E-state index in [4.69, 9.17) is 13.9 Å². The third-order valence-corrected chi connectivity index (χ3v) is 3.78. The first-order valence-electron chi connectivity index (χ1n) is 7.89. The van der Waals surface area contributed by atoms with E-state index < -0.39 is 6.10 Å². The molecule has 1 aliphatic rings. The number of aliphatic hydroxyl groups is 1. The summed E-state index contributed by atoms with van der Waals surface area (Å²) in [6.07, 6.45) is 4.89. The lowest BCUT2D eigenvalue weighted by Gasteiger charge is -2.33. The molecule has 0 radical (unpaired) electrons. The third kappa shape index (κ3) is 5.18. The molecule has 0 aliphatic carbocycles. The Morgan fingerprint density at radius 2 is 2.39 bits per heavy atom. The molecule has 2 aromatic heterocycles. The largest absolute Gasteiger partial charge is 0.467 e. The third-order valence-electron chi connectivity index (χ3n) is 3.78. The van der Waals surface area contributed by atoms with Gasteiger partial charge in [0.2, 0.25) is 0 Å². The van der Waals surface area contributed by atoms with Crippen molar-refractivity contribution in [2.24, 2.45) is 0 Å². The molecular formula is C16H23N3O4. The molecule has 0 amide bonds. The van der Waals surface area contributed by atoms with E-state index in [1.807, 2.05) is 29.1 Å². The molecule has 1 aliphatic heterocycles. The summed E-state index contributed by atoms with van der Waals surface area (Å²) >= 11 is 0. The fourth-order valence-corrected chi connectivity index (χ4v) is 2.71. The van der Waals surface area contributed by atoms with Gasteiger partial charge in [-0.25, -0.2) is 0 Å². The average Bonchev–Trinajstić information content (AvgIpc) is 3.21. The van der Waals surface area contributed by atoms with Crippen molar-refractivity contribution in [1.29, 1.82) is 0 Å². The Balaban J connectivity index is 1.36. The van der Waals surface area contributed by atoms with Crippen LogP contribution in [-0.4, -0.2) is 64.8 Å². The van der Waals surface area contributed by atoms with Gasteiger partial charge in [-0.3, -0.25) is 9.58 Å². The van der Waals surface area contributed by atoms with Crippen molar-refractivity contribution in [2.75, 3.05) is 32.8 Å². The molecular weight excluding hydrogens is 298 g/mol. The molecule has 1 N–H and O–H groups in total. The second-order valence-electron chi connectivity index (χ2n) is 5.73. The Morgan fingerprint density at radius 1 is 1.43 bits per heavy atom. The minimum atomic E-state index is -0.520. The zero-order valence-electron chi connectivity index (χ0n) is 13.1. The molecule has 2 unspecified atom stereocenters. The van der Waals surface area contributed by atoms with Crippen molar-refractivity contribution in [3.63, 3.8) is 0 Å². The number of hydrogen-bond acceptors (Lipinski definition) is 6. The fourth-order valence-electron chi connectivity index (χ4n) is 2.71. The summed E-state index contributed by atoms with van der Waals surface area (Å²) in [5.41, 5.74) is 0. The Morgan fingerprint density at radius 3 is 3.17 bits per heavy atom. The lowest BCUT2D eigenvalue weighted by Crippen LogP contribution is -2.47. The monoisotopic (exact) mass is 321 g/mol. The Bertz CT molecular complexity index is 544. The van der Waals surface area contributed by atoms with Crippen molar-refractivity contribution < 1.29 is 19.0 Å². The molecule has 3 rings (SSSR count). The maximum absolute atomic E-state index is 10.1. The van der Waals surface area contributed by atoms with Crippen LogP contribution in [0.5, 0.6) is 0 Å². The molecule has 23 heavy (non-hydrogen) atoms. The smallest absolute Gasteiger partial charge is 0.129 e. The van der Waals surface area contributed by atoms with E-state index in [9.17, 15) is 5.11 Å². The number of nitrogens with zero attached hydrogens (tertiary/aromatic N) is 3. The standard InChI is InChI=1S/C16H23N3O4/c20-14(12-21-13-15-3-1-7-22-15)9-18-6-8-23-16(10-18)11-19-5-2-4-17-19/h1-5,7,14,16,20H,6,8-13H2. The van der Waals surface area contributed by atoms with Crippen LogP contribution in [0.2, 0.25) is 0 Å². The van der Waals surface area contributed by atoms with Crippen molar-refractivity contribution in [3.8, 4) is 0 Å². The van der Waals surface area contributed by atoms with Crippen LogP contribution in [0, 0.1) is 0 Å². The molecule has 3 heterocycles. The van der Waals surface area contributed by atoms with Crippen molar-refractivity contribution >= 4 is 0 Å². The van der Waals surface area contributed by atoms with Gasteiger partial charge < -0.3 is 19.0 Å². The van der Waals surface area contributed by atoms with Gasteiger partial charge in [0, 0.05) is 32.0 Å². The first-order chi connectivity index (χ1) is 11.3. The van der Waals surface area contributed by atoms with Gasteiger partial charge >= 0.3 is 0 Å². The fraction of sp³-hybridized carbons (Fsp3) is 0.562. The Labute approximate surface area is 135 Å². The van der Waals surface area contributed by atoms with Gasteiger partial charge in [-0.05, 0) is 18.2 Å². The van der Waals surface area contributed by atoms with Gasteiger partial charge in [0.1, 0.15) is 12.4 Å². The molecule has 1 saturated heterocycles. The predicted octanol–water partition coefficient (Wildman–Crippen LogP) is 0.755. The maximum atomic E-state index is 10.1. The summed E-state index contributed by atoms with van der Waals surface area (Å²) in [7, 11) is 0. The molecule has 2 atom stereocenters. The van der Waals surface area contributed by atoms with E-state index >= 15 is 0 Å². The van der Waals surface area contributed by atoms with E-state index in [1.54, 1.807) is 12.5 Å². The van der Waals surface area contributed by atoms with E-state index in [1.165, 1.54) is 0 Å². The second kappa shape index (κ2) is 8.26. The normalized spacial score (nSPS) is 20.7. The lowest BCUT2D eigenvalue weighted by molar-refractivity contribution is -0.0590. The predicted molar refractivity (Wildman–Crippen MR) is 82.8 cm³/mol. The zero-order chi connectivity index (χ0) is 15.9. The molecule has 1 fully saturated rings. The van der Waals surface area contributed by atoms with Crippen LogP contribution < -0.4 is 0 Å². The molecule has 7 nitrogen and oxygen atoms in total. The number of morpholine rings is 1. The van der Waals surface area contributed by atoms with Crippen LogP contribution in [-0.2, 0) is 22.6 Å². The topological polar surface area (TPSA) is 72.9 Å². The molecule has 2 aromatic rings. The van der Waals surface area contributed by atoms with E-state index in [2.05, 4.69) is 10.00 Å². The van der Waals surface area contributed by atoms with Gasteiger partial charge in [0.15, 0.2) is 0 Å². The first-order valence-corrected chi connectivity index (χ1v) is 7.89. The SMILES string of the molecule is OC(COCc1ccco1)CN1CCOC(Cn2cccn2)C1. The summed E-state index contributed by atoms with van der Waals surface area (Å²) in [6.45, 7) is 4.27. The Hall–Kier alpha value is -1.67. The van der Waals surface area contributed by atoms with Crippen LogP contribution in [0.25, 0.3) is 0 Å². The van der Waals surface area contributed by atoms with Crippen molar-refractivity contribution in [1.82, 2.24) is 14.7 Å². The number of β-amino-alcohol motifs (C(OH)–C–C–N with tert-alkyl or cyclic N) is 1. The van der Waals surface area contributed by atoms with E-state index in [0.717, 1.165) is 25.4 Å². The van der Waals surface area contributed by atoms with Crippen LogP contribution in [0.15, 0.2) is 41.3 Å².